The highest BCUT2D eigenvalue weighted by molar-refractivity contribution is 7.89. The van der Waals surface area contributed by atoms with Gasteiger partial charge in [-0.1, -0.05) is 12.1 Å². The number of hydrogen-bond acceptors (Lipinski definition) is 6. The van der Waals surface area contributed by atoms with E-state index in [9.17, 15) is 13.2 Å². The summed E-state index contributed by atoms with van der Waals surface area (Å²) in [6, 6.07) is 13.2. The van der Waals surface area contributed by atoms with Gasteiger partial charge in [-0.3, -0.25) is 4.79 Å². The van der Waals surface area contributed by atoms with Crippen molar-refractivity contribution in [1.29, 1.82) is 0 Å². The summed E-state index contributed by atoms with van der Waals surface area (Å²) in [4.78, 5) is 24.5. The third-order valence-corrected chi connectivity index (χ3v) is 6.68. The lowest BCUT2D eigenvalue weighted by molar-refractivity contribution is 0.102. The molecule has 0 saturated carbocycles. The summed E-state index contributed by atoms with van der Waals surface area (Å²) in [5, 5.41) is 2.87. The van der Waals surface area contributed by atoms with Crippen molar-refractivity contribution in [2.24, 2.45) is 0 Å². The lowest BCUT2D eigenvalue weighted by Gasteiger charge is -2.20. The van der Waals surface area contributed by atoms with Crippen molar-refractivity contribution < 1.29 is 13.2 Å². The van der Waals surface area contributed by atoms with Gasteiger partial charge in [-0.05, 0) is 63.1 Å². The van der Waals surface area contributed by atoms with Crippen LogP contribution in [-0.2, 0) is 10.0 Å². The molecule has 1 fully saturated rings. The maximum absolute atomic E-state index is 12.9. The molecule has 2 heterocycles. The highest BCUT2D eigenvalue weighted by Gasteiger charge is 2.22. The van der Waals surface area contributed by atoms with Crippen LogP contribution in [0.3, 0.4) is 0 Å². The Morgan fingerprint density at radius 1 is 0.968 bits per heavy atom. The average Bonchev–Trinajstić information content (AvgIpc) is 3.27. The van der Waals surface area contributed by atoms with E-state index in [4.69, 9.17) is 4.98 Å². The number of hydrogen-bond donors (Lipinski definition) is 2. The number of rotatable bonds is 6. The fraction of sp³-hybridized carbons (Fsp3) is 0.318. The molecule has 1 amide bonds. The van der Waals surface area contributed by atoms with E-state index in [1.807, 2.05) is 24.3 Å². The Bertz CT molecular complexity index is 1200. The Kier molecular flexibility index (Phi) is 5.88. The van der Waals surface area contributed by atoms with E-state index in [0.717, 1.165) is 31.4 Å². The second-order valence-electron chi connectivity index (χ2n) is 7.83. The first-order valence-electron chi connectivity index (χ1n) is 10.3. The summed E-state index contributed by atoms with van der Waals surface area (Å²) >= 11 is 0. The minimum Gasteiger partial charge on any atom is -0.354 e. The number of amides is 1. The molecule has 3 aromatic rings. The Labute approximate surface area is 181 Å². The molecule has 0 radical (unpaired) electrons. The lowest BCUT2D eigenvalue weighted by atomic mass is 10.2. The minimum absolute atomic E-state index is 0.112. The van der Waals surface area contributed by atoms with Gasteiger partial charge < -0.3 is 10.2 Å². The van der Waals surface area contributed by atoms with Crippen LogP contribution in [0.5, 0.6) is 0 Å². The van der Waals surface area contributed by atoms with E-state index in [1.54, 1.807) is 13.8 Å². The summed E-state index contributed by atoms with van der Waals surface area (Å²) in [5.74, 6) is 0.694. The third kappa shape index (κ3) is 4.67. The molecule has 1 saturated heterocycles. The molecule has 0 unspecified atom stereocenters. The van der Waals surface area contributed by atoms with Crippen molar-refractivity contribution >= 4 is 38.6 Å². The topological polar surface area (TPSA) is 104 Å². The molecular weight excluding hydrogens is 414 g/mol. The van der Waals surface area contributed by atoms with Gasteiger partial charge in [-0.15, -0.1) is 0 Å². The van der Waals surface area contributed by atoms with Gasteiger partial charge >= 0.3 is 0 Å². The summed E-state index contributed by atoms with van der Waals surface area (Å²) in [6.45, 7) is 5.24. The number of para-hydroxylation sites is 2. The summed E-state index contributed by atoms with van der Waals surface area (Å²) in [5.41, 5.74) is 1.81. The van der Waals surface area contributed by atoms with Crippen LogP contribution in [0.4, 0.5) is 11.6 Å². The van der Waals surface area contributed by atoms with Crippen LogP contribution in [0.1, 0.15) is 37.0 Å². The number of nitrogens with zero attached hydrogens (tertiary/aromatic N) is 3. The molecule has 0 bridgehead atoms. The lowest BCUT2D eigenvalue weighted by Crippen LogP contribution is -2.30. The normalized spacial score (nSPS) is 14.4. The minimum atomic E-state index is -3.61. The molecule has 1 aromatic heterocycles. The maximum Gasteiger partial charge on any atom is 0.256 e. The van der Waals surface area contributed by atoms with Gasteiger partial charge in [0.2, 0.25) is 10.0 Å². The van der Waals surface area contributed by atoms with E-state index in [0.29, 0.717) is 22.7 Å². The zero-order valence-electron chi connectivity index (χ0n) is 17.5. The van der Waals surface area contributed by atoms with Crippen LogP contribution in [-0.4, -0.2) is 43.4 Å². The van der Waals surface area contributed by atoms with Crippen LogP contribution in [0.2, 0.25) is 0 Å². The number of sulfonamides is 1. The monoisotopic (exact) mass is 439 g/mol. The largest absolute Gasteiger partial charge is 0.354 e. The number of carbonyl (C=O) groups excluding carboxylic acids is 1. The van der Waals surface area contributed by atoms with Gasteiger partial charge in [-0.2, -0.15) is 0 Å². The molecule has 0 aliphatic carbocycles. The van der Waals surface area contributed by atoms with E-state index in [1.165, 1.54) is 24.3 Å². The van der Waals surface area contributed by atoms with Crippen LogP contribution in [0.15, 0.2) is 53.4 Å². The van der Waals surface area contributed by atoms with Gasteiger partial charge in [0, 0.05) is 24.7 Å². The molecule has 162 valence electrons. The van der Waals surface area contributed by atoms with Gasteiger partial charge in [-0.25, -0.2) is 23.1 Å². The first-order chi connectivity index (χ1) is 14.8. The van der Waals surface area contributed by atoms with Crippen molar-refractivity contribution in [3.05, 3.63) is 54.1 Å². The standard InChI is InChI=1S/C22H25N5O3S/c1-15(2)26-31(29,30)17-11-9-16(10-12-17)22(28)25-20-21(27-13-5-6-14-27)24-19-8-4-3-7-18(19)23-20/h3-4,7-12,15,26H,5-6,13-14H2,1-2H3,(H,23,25,28). The second kappa shape index (κ2) is 8.60. The van der Waals surface area contributed by atoms with Gasteiger partial charge in [0.15, 0.2) is 11.6 Å². The Morgan fingerprint density at radius 3 is 2.19 bits per heavy atom. The van der Waals surface area contributed by atoms with E-state index >= 15 is 0 Å². The van der Waals surface area contributed by atoms with Gasteiger partial charge in [0.1, 0.15) is 0 Å². The molecule has 9 heteroatoms. The van der Waals surface area contributed by atoms with Gasteiger partial charge in [0.05, 0.1) is 15.9 Å². The number of benzene rings is 2. The Morgan fingerprint density at radius 2 is 1.58 bits per heavy atom. The molecule has 4 rings (SSSR count). The van der Waals surface area contributed by atoms with E-state index in [-0.39, 0.29) is 16.8 Å². The number of fused-ring (bicyclic) bond motifs is 1. The fourth-order valence-electron chi connectivity index (χ4n) is 3.57. The third-order valence-electron chi connectivity index (χ3n) is 5.01. The quantitative estimate of drug-likeness (QED) is 0.611. The molecule has 2 aromatic carbocycles. The van der Waals surface area contributed by atoms with E-state index < -0.39 is 10.0 Å². The van der Waals surface area contributed by atoms with Crippen LogP contribution in [0.25, 0.3) is 11.0 Å². The zero-order valence-corrected chi connectivity index (χ0v) is 18.3. The molecule has 31 heavy (non-hydrogen) atoms. The van der Waals surface area contributed by atoms with Crippen LogP contribution >= 0.6 is 0 Å². The predicted molar refractivity (Wildman–Crippen MR) is 121 cm³/mol. The van der Waals surface area contributed by atoms with Gasteiger partial charge in [0.25, 0.3) is 5.91 Å². The highest BCUT2D eigenvalue weighted by Crippen LogP contribution is 2.28. The Balaban J connectivity index is 1.61. The summed E-state index contributed by atoms with van der Waals surface area (Å²) in [6.07, 6.45) is 2.14. The molecule has 0 atom stereocenters. The predicted octanol–water partition coefficient (Wildman–Crippen LogP) is 3.17. The van der Waals surface area contributed by atoms with Crippen molar-refractivity contribution in [3.8, 4) is 0 Å². The summed E-state index contributed by atoms with van der Waals surface area (Å²) < 4.78 is 27.1. The second-order valence-corrected chi connectivity index (χ2v) is 9.55. The maximum atomic E-state index is 12.9. The summed E-state index contributed by atoms with van der Waals surface area (Å²) in [7, 11) is -3.61. The first-order valence-corrected chi connectivity index (χ1v) is 11.8. The molecule has 8 nitrogen and oxygen atoms in total. The molecule has 0 spiro atoms. The SMILES string of the molecule is CC(C)NS(=O)(=O)c1ccc(C(=O)Nc2nc3ccccc3nc2N2CCCC2)cc1. The molecule has 2 N–H and O–H groups in total. The molecule has 1 aliphatic heterocycles. The zero-order chi connectivity index (χ0) is 22.0. The molecule has 1 aliphatic rings. The van der Waals surface area contributed by atoms with Crippen LogP contribution < -0.4 is 14.9 Å². The van der Waals surface area contributed by atoms with Crippen LogP contribution in [0, 0.1) is 0 Å². The number of nitrogens with one attached hydrogen (secondary N) is 2. The highest BCUT2D eigenvalue weighted by atomic mass is 32.2. The average molecular weight is 440 g/mol. The van der Waals surface area contributed by atoms with Crippen molar-refractivity contribution in [2.75, 3.05) is 23.3 Å². The number of carbonyl (C=O) groups is 1. The van der Waals surface area contributed by atoms with Crippen molar-refractivity contribution in [1.82, 2.24) is 14.7 Å². The number of anilines is 2. The first kappa shape index (κ1) is 21.2. The fourth-order valence-corrected chi connectivity index (χ4v) is 4.82. The smallest absolute Gasteiger partial charge is 0.256 e. The van der Waals surface area contributed by atoms with Crippen molar-refractivity contribution in [2.45, 2.75) is 37.6 Å². The van der Waals surface area contributed by atoms with Crippen molar-refractivity contribution in [3.63, 3.8) is 0 Å². The van der Waals surface area contributed by atoms with E-state index in [2.05, 4.69) is 19.9 Å². The molecular formula is C22H25N5O3S. The Hall–Kier alpha value is -3.04. The number of aromatic nitrogens is 2.